The Labute approximate surface area is 230 Å². The lowest BCUT2D eigenvalue weighted by Gasteiger charge is -2.38. The SMILES string of the molecule is COc1cc(C2C3=C(CC(C)(C)CC3=O)Nc3nc(SCc4ccccc4F)[nH]c(=O)c32)cc(OC)c1OC. The summed E-state index contributed by atoms with van der Waals surface area (Å²) in [6.07, 6.45) is 0.965. The number of halogens is 1. The molecule has 5 rings (SSSR count). The summed E-state index contributed by atoms with van der Waals surface area (Å²) in [5.41, 5.74) is 2.12. The van der Waals surface area contributed by atoms with Gasteiger partial charge in [0.05, 0.1) is 26.9 Å². The minimum atomic E-state index is -0.699. The number of benzene rings is 2. The van der Waals surface area contributed by atoms with Crippen LogP contribution in [0.2, 0.25) is 0 Å². The van der Waals surface area contributed by atoms with E-state index in [-0.39, 0.29) is 22.6 Å². The van der Waals surface area contributed by atoms with Crippen LogP contribution >= 0.6 is 11.8 Å². The van der Waals surface area contributed by atoms with Gasteiger partial charge >= 0.3 is 0 Å². The summed E-state index contributed by atoms with van der Waals surface area (Å²) in [7, 11) is 4.55. The minimum absolute atomic E-state index is 0.0319. The maximum absolute atomic E-state index is 14.2. The number of rotatable bonds is 7. The van der Waals surface area contributed by atoms with Crippen LogP contribution in [-0.2, 0) is 10.5 Å². The number of carbonyl (C=O) groups excluding carboxylic acids is 1. The number of ketones is 1. The smallest absolute Gasteiger partial charge is 0.257 e. The van der Waals surface area contributed by atoms with Crippen LogP contribution in [0.1, 0.15) is 49.3 Å². The number of aromatic amines is 1. The van der Waals surface area contributed by atoms with Crippen LogP contribution in [0.15, 0.2) is 57.6 Å². The van der Waals surface area contributed by atoms with Crippen molar-refractivity contribution >= 4 is 23.4 Å². The van der Waals surface area contributed by atoms with Gasteiger partial charge in [0.15, 0.2) is 22.4 Å². The molecule has 2 heterocycles. The number of Topliss-reactive ketones (excluding diaryl/α,β-unsaturated/α-hetero) is 1. The quantitative estimate of drug-likeness (QED) is 0.296. The zero-order valence-electron chi connectivity index (χ0n) is 22.4. The van der Waals surface area contributed by atoms with E-state index in [1.165, 1.54) is 39.2 Å². The molecule has 1 aromatic heterocycles. The van der Waals surface area contributed by atoms with E-state index in [0.29, 0.717) is 69.1 Å². The number of fused-ring (bicyclic) bond motifs is 1. The fraction of sp³-hybridized carbons (Fsp3) is 0.345. The predicted molar refractivity (Wildman–Crippen MR) is 147 cm³/mol. The summed E-state index contributed by atoms with van der Waals surface area (Å²) in [4.78, 5) is 34.8. The van der Waals surface area contributed by atoms with Gasteiger partial charge in [0.1, 0.15) is 11.6 Å². The number of methoxy groups -OCH3 is 3. The Kier molecular flexibility index (Phi) is 7.15. The van der Waals surface area contributed by atoms with Gasteiger partial charge in [-0.05, 0) is 41.2 Å². The molecule has 0 saturated heterocycles. The molecule has 0 bridgehead atoms. The van der Waals surface area contributed by atoms with Crippen LogP contribution in [0.4, 0.5) is 10.2 Å². The van der Waals surface area contributed by atoms with Crippen molar-refractivity contribution in [3.05, 3.63) is 80.5 Å². The molecule has 2 aliphatic rings. The van der Waals surface area contributed by atoms with Gasteiger partial charge in [0, 0.05) is 29.4 Å². The van der Waals surface area contributed by atoms with Gasteiger partial charge < -0.3 is 24.5 Å². The lowest BCUT2D eigenvalue weighted by atomic mass is 9.69. The van der Waals surface area contributed by atoms with Crippen molar-refractivity contribution in [1.29, 1.82) is 0 Å². The summed E-state index contributed by atoms with van der Waals surface area (Å²) < 4.78 is 30.8. The van der Waals surface area contributed by atoms with E-state index < -0.39 is 5.92 Å². The zero-order chi connectivity index (χ0) is 27.9. The number of H-pyrrole nitrogens is 1. The van der Waals surface area contributed by atoms with E-state index >= 15 is 0 Å². The Morgan fingerprint density at radius 2 is 1.74 bits per heavy atom. The average molecular weight is 552 g/mol. The lowest BCUT2D eigenvalue weighted by molar-refractivity contribution is -0.118. The molecule has 10 heteroatoms. The van der Waals surface area contributed by atoms with Gasteiger partial charge in [-0.2, -0.15) is 0 Å². The Morgan fingerprint density at radius 3 is 2.38 bits per heavy atom. The number of hydrogen-bond donors (Lipinski definition) is 2. The second kappa shape index (κ2) is 10.4. The second-order valence-corrected chi connectivity index (χ2v) is 11.3. The van der Waals surface area contributed by atoms with Gasteiger partial charge in [-0.15, -0.1) is 0 Å². The molecule has 204 valence electrons. The summed E-state index contributed by atoms with van der Waals surface area (Å²) in [5, 5.41) is 3.66. The van der Waals surface area contributed by atoms with Crippen LogP contribution in [0.5, 0.6) is 17.2 Å². The standard InChI is InChI=1S/C29H30FN3O5S/c1-29(2)12-18-23(19(34)13-29)22(16-10-20(36-3)25(38-5)21(11-16)37-4)24-26(31-18)32-28(33-27(24)35)39-14-15-8-6-7-9-17(15)30/h6-11,22H,12-14H2,1-5H3,(H2,31,32,33,35). The Morgan fingerprint density at radius 1 is 1.05 bits per heavy atom. The van der Waals surface area contributed by atoms with E-state index in [1.807, 2.05) is 13.8 Å². The molecule has 1 unspecified atom stereocenters. The molecule has 2 aromatic carbocycles. The molecule has 2 N–H and O–H groups in total. The third-order valence-electron chi connectivity index (χ3n) is 7.04. The molecule has 39 heavy (non-hydrogen) atoms. The maximum Gasteiger partial charge on any atom is 0.257 e. The van der Waals surface area contributed by atoms with E-state index in [2.05, 4.69) is 10.3 Å². The van der Waals surface area contributed by atoms with Gasteiger partial charge in [0.25, 0.3) is 5.56 Å². The predicted octanol–water partition coefficient (Wildman–Crippen LogP) is 5.43. The molecule has 0 saturated carbocycles. The van der Waals surface area contributed by atoms with Crippen molar-refractivity contribution < 1.29 is 23.4 Å². The molecule has 1 aliphatic heterocycles. The van der Waals surface area contributed by atoms with Crippen molar-refractivity contribution in [3.8, 4) is 17.2 Å². The molecule has 8 nitrogen and oxygen atoms in total. The number of carbonyl (C=O) groups is 1. The molecular weight excluding hydrogens is 521 g/mol. The van der Waals surface area contributed by atoms with E-state index in [4.69, 9.17) is 19.2 Å². The third-order valence-corrected chi connectivity index (χ3v) is 7.96. The number of nitrogens with one attached hydrogen (secondary N) is 2. The monoisotopic (exact) mass is 551 g/mol. The molecule has 1 atom stereocenters. The summed E-state index contributed by atoms with van der Waals surface area (Å²) in [6, 6.07) is 10.0. The molecule has 0 radical (unpaired) electrons. The van der Waals surface area contributed by atoms with Crippen molar-refractivity contribution in [2.24, 2.45) is 5.41 Å². The number of hydrogen-bond acceptors (Lipinski definition) is 8. The van der Waals surface area contributed by atoms with Gasteiger partial charge in [-0.25, -0.2) is 9.37 Å². The fourth-order valence-corrected chi connectivity index (χ4v) is 6.17. The van der Waals surface area contributed by atoms with E-state index in [1.54, 1.807) is 30.3 Å². The Bertz CT molecular complexity index is 1520. The van der Waals surface area contributed by atoms with Crippen molar-refractivity contribution in [1.82, 2.24) is 9.97 Å². The molecule has 0 fully saturated rings. The Balaban J connectivity index is 1.65. The number of allylic oxidation sites excluding steroid dienone is 2. The van der Waals surface area contributed by atoms with Crippen LogP contribution < -0.4 is 25.1 Å². The van der Waals surface area contributed by atoms with Crippen molar-refractivity contribution in [2.75, 3.05) is 26.6 Å². The molecule has 1 aliphatic carbocycles. The number of aromatic nitrogens is 2. The number of nitrogens with zero attached hydrogens (tertiary/aromatic N) is 1. The number of ether oxygens (including phenoxy) is 3. The van der Waals surface area contributed by atoms with Crippen LogP contribution in [0.3, 0.4) is 0 Å². The van der Waals surface area contributed by atoms with E-state index in [0.717, 1.165) is 5.70 Å². The Hall–Kier alpha value is -3.79. The molecule has 0 spiro atoms. The van der Waals surface area contributed by atoms with E-state index in [9.17, 15) is 14.0 Å². The van der Waals surface area contributed by atoms with Crippen molar-refractivity contribution in [3.63, 3.8) is 0 Å². The first kappa shape index (κ1) is 26.8. The fourth-order valence-electron chi connectivity index (χ4n) is 5.32. The highest BCUT2D eigenvalue weighted by molar-refractivity contribution is 7.98. The molecule has 3 aromatic rings. The number of anilines is 1. The normalized spacial score (nSPS) is 17.7. The topological polar surface area (TPSA) is 103 Å². The van der Waals surface area contributed by atoms with Crippen LogP contribution in [-0.4, -0.2) is 37.1 Å². The maximum atomic E-state index is 14.2. The average Bonchev–Trinajstić information content (AvgIpc) is 2.89. The number of thioether (sulfide) groups is 1. The minimum Gasteiger partial charge on any atom is -0.493 e. The third kappa shape index (κ3) is 5.01. The van der Waals surface area contributed by atoms with Crippen molar-refractivity contribution in [2.45, 2.75) is 43.5 Å². The second-order valence-electron chi connectivity index (χ2n) is 10.4. The van der Waals surface area contributed by atoms with Gasteiger partial charge in [-0.3, -0.25) is 9.59 Å². The lowest BCUT2D eigenvalue weighted by Crippen LogP contribution is -2.37. The van der Waals surface area contributed by atoms with Crippen LogP contribution in [0, 0.1) is 11.2 Å². The highest BCUT2D eigenvalue weighted by atomic mass is 32.2. The zero-order valence-corrected chi connectivity index (χ0v) is 23.3. The highest BCUT2D eigenvalue weighted by Gasteiger charge is 2.43. The van der Waals surface area contributed by atoms with Crippen LogP contribution in [0.25, 0.3) is 0 Å². The molecular formula is C29H30FN3O5S. The summed E-state index contributed by atoms with van der Waals surface area (Å²) >= 11 is 1.23. The summed E-state index contributed by atoms with van der Waals surface area (Å²) in [6.45, 7) is 4.09. The largest absolute Gasteiger partial charge is 0.493 e. The summed E-state index contributed by atoms with van der Waals surface area (Å²) in [5.74, 6) is 0.866. The highest BCUT2D eigenvalue weighted by Crippen LogP contribution is 2.50. The first-order valence-corrected chi connectivity index (χ1v) is 13.5. The van der Waals surface area contributed by atoms with Gasteiger partial charge in [-0.1, -0.05) is 43.8 Å². The first-order valence-electron chi connectivity index (χ1n) is 12.5. The molecule has 0 amide bonds. The first-order chi connectivity index (χ1) is 18.7. The van der Waals surface area contributed by atoms with Gasteiger partial charge in [0.2, 0.25) is 5.75 Å².